The van der Waals surface area contributed by atoms with Gasteiger partial charge in [0, 0.05) is 30.0 Å². The predicted octanol–water partition coefficient (Wildman–Crippen LogP) is 4.66. The monoisotopic (exact) mass is 362 g/mol. The number of hydrogen-bond donors (Lipinski definition) is 1. The molecule has 0 radical (unpaired) electrons. The van der Waals surface area contributed by atoms with E-state index in [2.05, 4.69) is 40.3 Å². The van der Waals surface area contributed by atoms with Gasteiger partial charge in [0.2, 0.25) is 5.95 Å². The van der Waals surface area contributed by atoms with Crippen LogP contribution in [0, 0.1) is 12.7 Å². The van der Waals surface area contributed by atoms with Crippen molar-refractivity contribution in [3.63, 3.8) is 0 Å². The number of aryl methyl sites for hydroxylation is 1. The number of benzene rings is 2. The number of para-hydroxylation sites is 1. The van der Waals surface area contributed by atoms with E-state index in [-0.39, 0.29) is 5.82 Å². The maximum Gasteiger partial charge on any atom is 0.232 e. The third kappa shape index (κ3) is 3.63. The summed E-state index contributed by atoms with van der Waals surface area (Å²) in [5.41, 5.74) is 4.11. The van der Waals surface area contributed by atoms with Crippen LogP contribution in [0.5, 0.6) is 0 Å². The van der Waals surface area contributed by atoms with Crippen molar-refractivity contribution in [3.8, 4) is 0 Å². The minimum Gasteiger partial charge on any atom is -0.370 e. The minimum absolute atomic E-state index is 0.165. The highest BCUT2D eigenvalue weighted by Gasteiger charge is 2.28. The minimum atomic E-state index is -0.165. The van der Waals surface area contributed by atoms with E-state index >= 15 is 0 Å². The van der Waals surface area contributed by atoms with E-state index in [0.29, 0.717) is 30.5 Å². The summed E-state index contributed by atoms with van der Waals surface area (Å²) in [4.78, 5) is 11.6. The normalized spacial score (nSPS) is 15.7. The van der Waals surface area contributed by atoms with Crippen LogP contribution in [0.2, 0.25) is 0 Å². The number of hydrogen-bond acceptors (Lipinski definition) is 4. The van der Waals surface area contributed by atoms with Gasteiger partial charge in [0.05, 0.1) is 0 Å². The average molecular weight is 362 g/mol. The molecule has 138 valence electrons. The zero-order valence-electron chi connectivity index (χ0n) is 15.6. The molecule has 2 aromatic carbocycles. The molecule has 1 unspecified atom stereocenters. The fourth-order valence-corrected chi connectivity index (χ4v) is 3.65. The van der Waals surface area contributed by atoms with Gasteiger partial charge >= 0.3 is 0 Å². The van der Waals surface area contributed by atoms with Crippen LogP contribution in [0.3, 0.4) is 0 Å². The third-order valence-electron chi connectivity index (χ3n) is 4.92. The molecule has 0 amide bonds. The average Bonchev–Trinajstić information content (AvgIpc) is 2.98. The molecule has 3 aromatic rings. The Balaban J connectivity index is 1.53. The number of anilines is 3. The number of aromatic nitrogens is 2. The van der Waals surface area contributed by atoms with Crippen LogP contribution in [0.4, 0.5) is 21.8 Å². The van der Waals surface area contributed by atoms with Gasteiger partial charge in [0.25, 0.3) is 0 Å². The zero-order valence-corrected chi connectivity index (χ0v) is 15.6. The Labute approximate surface area is 159 Å². The van der Waals surface area contributed by atoms with Gasteiger partial charge in [-0.25, -0.2) is 9.37 Å². The molecule has 1 N–H and O–H groups in total. The molecule has 1 aromatic heterocycles. The van der Waals surface area contributed by atoms with Crippen molar-refractivity contribution in [2.45, 2.75) is 32.7 Å². The number of halogens is 1. The van der Waals surface area contributed by atoms with Crippen LogP contribution in [0.25, 0.3) is 0 Å². The first-order valence-corrected chi connectivity index (χ1v) is 9.32. The Morgan fingerprint density at radius 1 is 1.11 bits per heavy atom. The van der Waals surface area contributed by atoms with E-state index < -0.39 is 0 Å². The lowest BCUT2D eigenvalue weighted by molar-refractivity contribution is 0.610. The van der Waals surface area contributed by atoms with Crippen molar-refractivity contribution >= 4 is 17.5 Å². The van der Waals surface area contributed by atoms with Gasteiger partial charge in [-0.15, -0.1) is 0 Å². The standard InChI is InChI=1S/C22H23FN4/c1-15-13-21(24-12-11-17-7-3-5-9-19(17)23)26-22(25-15)27-16(2)14-18-8-4-6-10-20(18)27/h3-10,13,16H,11-12,14H2,1-2H3,(H,24,25,26). The van der Waals surface area contributed by atoms with E-state index in [1.54, 1.807) is 6.07 Å². The summed E-state index contributed by atoms with van der Waals surface area (Å²) in [6.07, 6.45) is 1.59. The fourth-order valence-electron chi connectivity index (χ4n) is 3.65. The van der Waals surface area contributed by atoms with Crippen LogP contribution in [-0.4, -0.2) is 22.6 Å². The van der Waals surface area contributed by atoms with Crippen LogP contribution >= 0.6 is 0 Å². The highest BCUT2D eigenvalue weighted by atomic mass is 19.1. The van der Waals surface area contributed by atoms with E-state index in [4.69, 9.17) is 4.98 Å². The van der Waals surface area contributed by atoms with Crippen LogP contribution in [-0.2, 0) is 12.8 Å². The summed E-state index contributed by atoms with van der Waals surface area (Å²) >= 11 is 0. The van der Waals surface area contributed by atoms with Gasteiger partial charge in [-0.3, -0.25) is 0 Å². The summed E-state index contributed by atoms with van der Waals surface area (Å²) < 4.78 is 13.8. The molecule has 0 saturated carbocycles. The molecule has 2 heterocycles. The molecule has 0 fully saturated rings. The van der Waals surface area contributed by atoms with Crippen LogP contribution < -0.4 is 10.2 Å². The first-order valence-electron chi connectivity index (χ1n) is 9.32. The number of nitrogens with one attached hydrogen (secondary N) is 1. The fraction of sp³-hybridized carbons (Fsp3) is 0.273. The zero-order chi connectivity index (χ0) is 18.8. The van der Waals surface area contributed by atoms with Crippen molar-refractivity contribution < 1.29 is 4.39 Å². The molecule has 0 bridgehead atoms. The van der Waals surface area contributed by atoms with Crippen LogP contribution in [0.15, 0.2) is 54.6 Å². The highest BCUT2D eigenvalue weighted by molar-refractivity contribution is 5.67. The molecule has 5 heteroatoms. The molecule has 0 spiro atoms. The maximum absolute atomic E-state index is 13.8. The van der Waals surface area contributed by atoms with Gasteiger partial charge in [-0.05, 0) is 49.9 Å². The second-order valence-corrected chi connectivity index (χ2v) is 7.01. The molecular weight excluding hydrogens is 339 g/mol. The molecule has 1 aliphatic rings. The maximum atomic E-state index is 13.8. The van der Waals surface area contributed by atoms with E-state index in [9.17, 15) is 4.39 Å². The van der Waals surface area contributed by atoms with Gasteiger partial charge in [-0.2, -0.15) is 4.98 Å². The topological polar surface area (TPSA) is 41.1 Å². The summed E-state index contributed by atoms with van der Waals surface area (Å²) in [7, 11) is 0. The van der Waals surface area contributed by atoms with E-state index in [1.165, 1.54) is 17.3 Å². The number of fused-ring (bicyclic) bond motifs is 1. The van der Waals surface area contributed by atoms with Gasteiger partial charge in [0.15, 0.2) is 0 Å². The third-order valence-corrected chi connectivity index (χ3v) is 4.92. The van der Waals surface area contributed by atoms with Crippen molar-refractivity contribution in [1.82, 2.24) is 9.97 Å². The Kier molecular flexibility index (Phi) is 4.75. The lowest BCUT2D eigenvalue weighted by Crippen LogP contribution is -2.26. The molecular formula is C22H23FN4. The number of nitrogens with zero attached hydrogens (tertiary/aromatic N) is 3. The van der Waals surface area contributed by atoms with Crippen molar-refractivity contribution in [2.24, 2.45) is 0 Å². The SMILES string of the molecule is Cc1cc(NCCc2ccccc2F)nc(N2c3ccccc3CC2C)n1. The molecule has 1 atom stereocenters. The lowest BCUT2D eigenvalue weighted by Gasteiger charge is -2.23. The molecule has 0 saturated heterocycles. The van der Waals surface area contributed by atoms with Crippen molar-refractivity contribution in [3.05, 3.63) is 77.2 Å². The molecule has 27 heavy (non-hydrogen) atoms. The smallest absolute Gasteiger partial charge is 0.232 e. The van der Waals surface area contributed by atoms with Gasteiger partial charge in [0.1, 0.15) is 11.6 Å². The quantitative estimate of drug-likeness (QED) is 0.717. The molecule has 1 aliphatic heterocycles. The highest BCUT2D eigenvalue weighted by Crippen LogP contribution is 2.36. The second kappa shape index (κ2) is 7.35. The largest absolute Gasteiger partial charge is 0.370 e. The second-order valence-electron chi connectivity index (χ2n) is 7.01. The summed E-state index contributed by atoms with van der Waals surface area (Å²) in [5.74, 6) is 1.31. The van der Waals surface area contributed by atoms with Gasteiger partial charge < -0.3 is 10.2 Å². The van der Waals surface area contributed by atoms with Crippen molar-refractivity contribution in [2.75, 3.05) is 16.8 Å². The summed E-state index contributed by atoms with van der Waals surface area (Å²) in [6, 6.07) is 17.5. The number of rotatable bonds is 5. The summed E-state index contributed by atoms with van der Waals surface area (Å²) in [5, 5.41) is 3.32. The van der Waals surface area contributed by atoms with Crippen molar-refractivity contribution in [1.29, 1.82) is 0 Å². The Bertz CT molecular complexity index is 957. The predicted molar refractivity (Wildman–Crippen MR) is 107 cm³/mol. The Morgan fingerprint density at radius 2 is 1.89 bits per heavy atom. The van der Waals surface area contributed by atoms with E-state index in [0.717, 1.165) is 17.9 Å². The first kappa shape index (κ1) is 17.5. The molecule has 4 rings (SSSR count). The Hall–Kier alpha value is -2.95. The molecule has 4 nitrogen and oxygen atoms in total. The van der Waals surface area contributed by atoms with Crippen LogP contribution in [0.1, 0.15) is 23.7 Å². The summed E-state index contributed by atoms with van der Waals surface area (Å²) in [6.45, 7) is 4.78. The van der Waals surface area contributed by atoms with E-state index in [1.807, 2.05) is 31.2 Å². The lowest BCUT2D eigenvalue weighted by atomic mass is 10.1. The first-order chi connectivity index (χ1) is 13.1. The Morgan fingerprint density at radius 3 is 2.74 bits per heavy atom. The van der Waals surface area contributed by atoms with Gasteiger partial charge in [-0.1, -0.05) is 36.4 Å². The molecule has 0 aliphatic carbocycles.